The smallest absolute Gasteiger partial charge is 0.353 e. The number of piperidine rings is 1. The Morgan fingerprint density at radius 3 is 2.30 bits per heavy atom. The molecule has 1 N–H and O–H groups in total. The molecule has 3 rings (SSSR count). The van der Waals surface area contributed by atoms with Crippen molar-refractivity contribution in [1.29, 1.82) is 0 Å². The summed E-state index contributed by atoms with van der Waals surface area (Å²) in [4.78, 5) is 11.6. The topological polar surface area (TPSA) is 66.5 Å². The highest BCUT2D eigenvalue weighted by molar-refractivity contribution is 7.89. The number of nitrogens with zero attached hydrogens (tertiary/aromatic N) is 1. The summed E-state index contributed by atoms with van der Waals surface area (Å²) in [6.07, 6.45) is -1.93. The first-order valence-corrected chi connectivity index (χ1v) is 10.5. The summed E-state index contributed by atoms with van der Waals surface area (Å²) in [7, 11) is -4.27. The molecular weight excluding hydrogens is 381 g/mol. The predicted molar refractivity (Wildman–Crippen MR) is 93.3 cm³/mol. The third-order valence-electron chi connectivity index (χ3n) is 5.33. The van der Waals surface area contributed by atoms with Gasteiger partial charge >= 0.3 is 6.18 Å². The van der Waals surface area contributed by atoms with Crippen LogP contribution in [-0.2, 0) is 21.0 Å². The fourth-order valence-corrected chi connectivity index (χ4v) is 5.16. The second-order valence-corrected chi connectivity index (χ2v) is 9.21. The summed E-state index contributed by atoms with van der Waals surface area (Å²) in [5.74, 6) is 0.117. The number of sulfonamides is 1. The highest BCUT2D eigenvalue weighted by Gasteiger charge is 2.40. The van der Waals surface area contributed by atoms with Crippen molar-refractivity contribution >= 4 is 15.9 Å². The van der Waals surface area contributed by atoms with E-state index in [1.807, 2.05) is 6.92 Å². The summed E-state index contributed by atoms with van der Waals surface area (Å²) in [5, 5.41) is 2.97. The van der Waals surface area contributed by atoms with Gasteiger partial charge in [0.05, 0.1) is 10.5 Å². The van der Waals surface area contributed by atoms with Gasteiger partial charge in [0.25, 0.3) is 0 Å². The van der Waals surface area contributed by atoms with Crippen molar-refractivity contribution in [2.75, 3.05) is 13.1 Å². The van der Waals surface area contributed by atoms with E-state index in [9.17, 15) is 26.4 Å². The largest absolute Gasteiger partial charge is 0.417 e. The van der Waals surface area contributed by atoms with Crippen LogP contribution in [0.15, 0.2) is 29.2 Å². The number of halogens is 3. The van der Waals surface area contributed by atoms with Crippen LogP contribution in [0, 0.1) is 11.8 Å². The quantitative estimate of drug-likeness (QED) is 0.820. The molecule has 0 aromatic heterocycles. The van der Waals surface area contributed by atoms with Crippen molar-refractivity contribution in [2.24, 2.45) is 11.8 Å². The van der Waals surface area contributed by atoms with Gasteiger partial charge in [0, 0.05) is 25.0 Å². The molecule has 150 valence electrons. The van der Waals surface area contributed by atoms with Crippen LogP contribution in [0.5, 0.6) is 0 Å². The highest BCUT2D eigenvalue weighted by Crippen LogP contribution is 2.36. The first kappa shape index (κ1) is 20.1. The van der Waals surface area contributed by atoms with E-state index < -0.39 is 26.7 Å². The lowest BCUT2D eigenvalue weighted by Gasteiger charge is -2.31. The molecule has 2 fully saturated rings. The van der Waals surface area contributed by atoms with Gasteiger partial charge in [-0.25, -0.2) is 8.42 Å². The van der Waals surface area contributed by atoms with Crippen LogP contribution in [0.1, 0.15) is 38.2 Å². The molecule has 0 radical (unpaired) electrons. The van der Waals surface area contributed by atoms with Crippen molar-refractivity contribution in [2.45, 2.75) is 49.7 Å². The van der Waals surface area contributed by atoms with E-state index in [1.54, 1.807) is 0 Å². The Hall–Kier alpha value is -1.61. The first-order chi connectivity index (χ1) is 12.6. The standard InChI is InChI=1S/C18H23F3N2O3S/c1-12(13-6-7-13)22-17(24)14-8-10-23(11-9-14)27(25,26)16-5-3-2-4-15(16)18(19,20)21/h2-5,12-14H,6-11H2,1H3,(H,22,24)/t12-/m1/s1. The monoisotopic (exact) mass is 404 g/mol. The van der Waals surface area contributed by atoms with Crippen LogP contribution in [-0.4, -0.2) is 37.8 Å². The number of alkyl halides is 3. The van der Waals surface area contributed by atoms with Crippen LogP contribution in [0.25, 0.3) is 0 Å². The number of benzene rings is 1. The maximum absolute atomic E-state index is 13.2. The number of amides is 1. The van der Waals surface area contributed by atoms with E-state index in [0.29, 0.717) is 18.8 Å². The van der Waals surface area contributed by atoms with Crippen molar-refractivity contribution in [1.82, 2.24) is 9.62 Å². The lowest BCUT2D eigenvalue weighted by Crippen LogP contribution is -2.45. The van der Waals surface area contributed by atoms with Gasteiger partial charge in [-0.1, -0.05) is 12.1 Å². The third kappa shape index (κ3) is 4.45. The second-order valence-electron chi connectivity index (χ2n) is 7.31. The minimum absolute atomic E-state index is 0.0322. The van der Waals surface area contributed by atoms with Gasteiger partial charge in [0.2, 0.25) is 15.9 Å². The Morgan fingerprint density at radius 2 is 1.74 bits per heavy atom. The fourth-order valence-electron chi connectivity index (χ4n) is 3.48. The number of hydrogen-bond acceptors (Lipinski definition) is 3. The SMILES string of the molecule is C[C@@H](NC(=O)C1CCN(S(=O)(=O)c2ccccc2C(F)(F)F)CC1)C1CC1. The van der Waals surface area contributed by atoms with Gasteiger partial charge in [-0.3, -0.25) is 4.79 Å². The first-order valence-electron chi connectivity index (χ1n) is 9.07. The van der Waals surface area contributed by atoms with E-state index in [-0.39, 0.29) is 31.0 Å². The van der Waals surface area contributed by atoms with Gasteiger partial charge in [-0.2, -0.15) is 17.5 Å². The van der Waals surface area contributed by atoms with Crippen molar-refractivity contribution in [3.63, 3.8) is 0 Å². The summed E-state index contributed by atoms with van der Waals surface area (Å²) >= 11 is 0. The molecule has 9 heteroatoms. The zero-order valence-electron chi connectivity index (χ0n) is 15.0. The van der Waals surface area contributed by atoms with Crippen LogP contribution in [0.4, 0.5) is 13.2 Å². The van der Waals surface area contributed by atoms with Crippen LogP contribution >= 0.6 is 0 Å². The normalized spacial score (nSPS) is 21.0. The average molecular weight is 404 g/mol. The highest BCUT2D eigenvalue weighted by atomic mass is 32.2. The number of rotatable bonds is 5. The fraction of sp³-hybridized carbons (Fsp3) is 0.611. The molecule has 1 amide bonds. The maximum Gasteiger partial charge on any atom is 0.417 e. The molecule has 1 saturated heterocycles. The third-order valence-corrected chi connectivity index (χ3v) is 7.29. The van der Waals surface area contributed by atoms with Gasteiger partial charge in [-0.15, -0.1) is 0 Å². The van der Waals surface area contributed by atoms with Crippen LogP contribution in [0.3, 0.4) is 0 Å². The van der Waals surface area contributed by atoms with E-state index in [2.05, 4.69) is 5.32 Å². The number of hydrogen-bond donors (Lipinski definition) is 1. The van der Waals surface area contributed by atoms with Gasteiger partial charge in [0.1, 0.15) is 0 Å². The second kappa shape index (κ2) is 7.43. The molecule has 1 aliphatic carbocycles. The van der Waals surface area contributed by atoms with E-state index in [0.717, 1.165) is 29.3 Å². The Morgan fingerprint density at radius 1 is 1.15 bits per heavy atom. The molecule has 2 aliphatic rings. The molecule has 1 heterocycles. The molecular formula is C18H23F3N2O3S. The molecule has 5 nitrogen and oxygen atoms in total. The molecule has 27 heavy (non-hydrogen) atoms. The Balaban J connectivity index is 1.68. The Bertz CT molecular complexity index is 798. The molecule has 1 aromatic carbocycles. The van der Waals surface area contributed by atoms with Crippen molar-refractivity contribution in [3.05, 3.63) is 29.8 Å². The van der Waals surface area contributed by atoms with E-state index in [4.69, 9.17) is 0 Å². The Labute approximate surface area is 157 Å². The zero-order chi connectivity index (χ0) is 19.8. The van der Waals surface area contributed by atoms with Crippen molar-refractivity contribution in [3.8, 4) is 0 Å². The van der Waals surface area contributed by atoms with Crippen LogP contribution < -0.4 is 5.32 Å². The molecule has 0 spiro atoms. The predicted octanol–water partition coefficient (Wildman–Crippen LogP) is 3.02. The zero-order valence-corrected chi connectivity index (χ0v) is 15.8. The maximum atomic E-state index is 13.2. The lowest BCUT2D eigenvalue weighted by atomic mass is 9.96. The lowest BCUT2D eigenvalue weighted by molar-refractivity contribution is -0.139. The van der Waals surface area contributed by atoms with E-state index in [1.165, 1.54) is 12.1 Å². The summed E-state index contributed by atoms with van der Waals surface area (Å²) < 4.78 is 66.0. The van der Waals surface area contributed by atoms with Gasteiger partial charge < -0.3 is 5.32 Å². The summed E-state index contributed by atoms with van der Waals surface area (Å²) in [5.41, 5.74) is -1.16. The molecule has 0 bridgehead atoms. The average Bonchev–Trinajstić information content (AvgIpc) is 3.46. The Kier molecular flexibility index (Phi) is 5.54. The molecule has 1 atom stereocenters. The summed E-state index contributed by atoms with van der Waals surface area (Å²) in [6.45, 7) is 2.03. The van der Waals surface area contributed by atoms with Gasteiger partial charge in [-0.05, 0) is 50.7 Å². The summed E-state index contributed by atoms with van der Waals surface area (Å²) in [6, 6.07) is 4.31. The molecule has 1 aromatic rings. The minimum Gasteiger partial charge on any atom is -0.353 e. The van der Waals surface area contributed by atoms with E-state index >= 15 is 0 Å². The molecule has 1 aliphatic heterocycles. The van der Waals surface area contributed by atoms with Crippen molar-refractivity contribution < 1.29 is 26.4 Å². The molecule has 0 unspecified atom stereocenters. The number of carbonyl (C=O) groups is 1. The minimum atomic E-state index is -4.75. The van der Waals surface area contributed by atoms with Gasteiger partial charge in [0.15, 0.2) is 0 Å². The number of carbonyl (C=O) groups excluding carboxylic acids is 1. The molecule has 1 saturated carbocycles. The number of nitrogens with one attached hydrogen (secondary N) is 1. The van der Waals surface area contributed by atoms with Crippen LogP contribution in [0.2, 0.25) is 0 Å².